The Hall–Kier alpha value is -2.40. The second-order valence-corrected chi connectivity index (χ2v) is 11.5. The van der Waals surface area contributed by atoms with Gasteiger partial charge in [-0.3, -0.25) is 4.79 Å². The first kappa shape index (κ1) is 27.2. The lowest BCUT2D eigenvalue weighted by atomic mass is 9.81. The third-order valence-electron chi connectivity index (χ3n) is 6.77. The average molecular weight is 489 g/mol. The average Bonchev–Trinajstić information content (AvgIpc) is 3.27. The number of nitrogens with zero attached hydrogens (tertiary/aromatic N) is 4. The lowest BCUT2D eigenvalue weighted by Crippen LogP contribution is -2.51. The highest BCUT2D eigenvalue weighted by Crippen LogP contribution is 2.36. The summed E-state index contributed by atoms with van der Waals surface area (Å²) in [6.07, 6.45) is 4.64. The minimum atomic E-state index is -0.675. The number of nitrogens with one attached hydrogen (secondary N) is 1. The van der Waals surface area contributed by atoms with Gasteiger partial charge in [0, 0.05) is 44.0 Å². The van der Waals surface area contributed by atoms with E-state index in [1.54, 1.807) is 40.1 Å². The SMILES string of the molecule is CC(NC(=O)OC(C)(C)C)C(=O)N1CCCC1CN(C)c1ncc(B2OC(C)(C)C(C)(C)O2)cn1. The van der Waals surface area contributed by atoms with Gasteiger partial charge in [-0.25, -0.2) is 14.8 Å². The van der Waals surface area contributed by atoms with Crippen molar-refractivity contribution in [3.8, 4) is 0 Å². The molecule has 2 unspecified atom stereocenters. The van der Waals surface area contributed by atoms with E-state index in [0.29, 0.717) is 19.0 Å². The van der Waals surface area contributed by atoms with Crippen molar-refractivity contribution in [1.82, 2.24) is 20.2 Å². The second kappa shape index (κ2) is 9.93. The summed E-state index contributed by atoms with van der Waals surface area (Å²) < 4.78 is 17.4. The fourth-order valence-electron chi connectivity index (χ4n) is 4.14. The van der Waals surface area contributed by atoms with Crippen molar-refractivity contribution in [2.45, 2.75) is 97.1 Å². The van der Waals surface area contributed by atoms with Crippen LogP contribution in [0.3, 0.4) is 0 Å². The molecule has 194 valence electrons. The summed E-state index contributed by atoms with van der Waals surface area (Å²) >= 11 is 0. The zero-order chi connectivity index (χ0) is 26.2. The molecule has 0 spiro atoms. The largest absolute Gasteiger partial charge is 0.498 e. The molecule has 0 aliphatic carbocycles. The number of likely N-dealkylation sites (N-methyl/N-ethyl adjacent to an activating group) is 1. The molecule has 2 aliphatic heterocycles. The minimum absolute atomic E-state index is 0.00163. The summed E-state index contributed by atoms with van der Waals surface area (Å²) in [6, 6.07) is -0.673. The number of amides is 2. The fourth-order valence-corrected chi connectivity index (χ4v) is 4.14. The molecule has 11 heteroatoms. The van der Waals surface area contributed by atoms with E-state index in [0.717, 1.165) is 18.3 Å². The first-order valence-electron chi connectivity index (χ1n) is 12.3. The Morgan fingerprint density at radius 1 is 1.23 bits per heavy atom. The number of aromatic nitrogens is 2. The number of likely N-dealkylation sites (tertiary alicyclic amines) is 1. The quantitative estimate of drug-likeness (QED) is 0.606. The summed E-state index contributed by atoms with van der Waals surface area (Å²) in [7, 11) is 1.40. The van der Waals surface area contributed by atoms with Crippen LogP contribution in [-0.4, -0.2) is 83.0 Å². The highest BCUT2D eigenvalue weighted by atomic mass is 16.7. The van der Waals surface area contributed by atoms with Gasteiger partial charge in [-0.05, 0) is 68.2 Å². The van der Waals surface area contributed by atoms with Gasteiger partial charge in [0.05, 0.1) is 11.2 Å². The van der Waals surface area contributed by atoms with Gasteiger partial charge in [-0.15, -0.1) is 0 Å². The molecule has 0 saturated carbocycles. The number of rotatable bonds is 6. The molecule has 2 atom stereocenters. The van der Waals surface area contributed by atoms with Crippen LogP contribution in [0.2, 0.25) is 0 Å². The molecule has 2 saturated heterocycles. The lowest BCUT2D eigenvalue weighted by molar-refractivity contribution is -0.133. The van der Waals surface area contributed by atoms with E-state index in [1.165, 1.54) is 0 Å². The minimum Gasteiger partial charge on any atom is -0.444 e. The topological polar surface area (TPSA) is 106 Å². The molecule has 3 rings (SSSR count). The predicted octanol–water partition coefficient (Wildman–Crippen LogP) is 2.12. The van der Waals surface area contributed by atoms with Gasteiger partial charge in [-0.2, -0.15) is 0 Å². The highest BCUT2D eigenvalue weighted by Gasteiger charge is 2.52. The van der Waals surface area contributed by atoms with Crippen molar-refractivity contribution >= 4 is 30.5 Å². The van der Waals surface area contributed by atoms with E-state index in [9.17, 15) is 9.59 Å². The van der Waals surface area contributed by atoms with E-state index in [-0.39, 0.29) is 11.9 Å². The Morgan fingerprint density at radius 3 is 2.34 bits per heavy atom. The van der Waals surface area contributed by atoms with Crippen LogP contribution in [0.5, 0.6) is 0 Å². The Labute approximate surface area is 209 Å². The van der Waals surface area contributed by atoms with Crippen LogP contribution in [0.4, 0.5) is 10.7 Å². The molecular formula is C24H40BN5O5. The first-order chi connectivity index (χ1) is 16.1. The van der Waals surface area contributed by atoms with Gasteiger partial charge in [-0.1, -0.05) is 0 Å². The van der Waals surface area contributed by atoms with Crippen molar-refractivity contribution in [3.05, 3.63) is 12.4 Å². The monoisotopic (exact) mass is 489 g/mol. The van der Waals surface area contributed by atoms with E-state index in [2.05, 4.69) is 15.3 Å². The summed E-state index contributed by atoms with van der Waals surface area (Å²) in [5, 5.41) is 2.65. The molecule has 0 bridgehead atoms. The smallest absolute Gasteiger partial charge is 0.444 e. The lowest BCUT2D eigenvalue weighted by Gasteiger charge is -2.32. The first-order valence-corrected chi connectivity index (χ1v) is 12.3. The molecule has 3 heterocycles. The van der Waals surface area contributed by atoms with Crippen molar-refractivity contribution < 1.29 is 23.6 Å². The molecular weight excluding hydrogens is 449 g/mol. The standard InChI is InChI=1S/C24H40BN5O5/c1-16(28-21(32)33-22(2,3)4)19(31)30-12-10-11-18(30)15-29(9)20-26-13-17(14-27-20)25-34-23(5,6)24(7,8)35-25/h13-14,16,18H,10-12,15H2,1-9H3,(H,28,32). The van der Waals surface area contributed by atoms with Crippen molar-refractivity contribution in [3.63, 3.8) is 0 Å². The molecule has 10 nitrogen and oxygen atoms in total. The van der Waals surface area contributed by atoms with Crippen LogP contribution < -0.4 is 15.7 Å². The highest BCUT2D eigenvalue weighted by molar-refractivity contribution is 6.61. The Balaban J connectivity index is 1.58. The molecule has 1 aromatic heterocycles. The summed E-state index contributed by atoms with van der Waals surface area (Å²) in [4.78, 5) is 37.9. The van der Waals surface area contributed by atoms with Gasteiger partial charge in [0.25, 0.3) is 0 Å². The van der Waals surface area contributed by atoms with E-state index >= 15 is 0 Å². The van der Waals surface area contributed by atoms with E-state index < -0.39 is 36.1 Å². The van der Waals surface area contributed by atoms with Crippen LogP contribution in [0.25, 0.3) is 0 Å². The number of carbonyl (C=O) groups is 2. The van der Waals surface area contributed by atoms with Crippen molar-refractivity contribution in [1.29, 1.82) is 0 Å². The third kappa shape index (κ3) is 6.44. The maximum absolute atomic E-state index is 13.0. The molecule has 2 amide bonds. The fraction of sp³-hybridized carbons (Fsp3) is 0.750. The third-order valence-corrected chi connectivity index (χ3v) is 6.77. The number of ether oxygens (including phenoxy) is 1. The molecule has 0 radical (unpaired) electrons. The van der Waals surface area contributed by atoms with Crippen LogP contribution >= 0.6 is 0 Å². The Morgan fingerprint density at radius 2 is 1.80 bits per heavy atom. The molecule has 2 aliphatic rings. The normalized spacial score (nSPS) is 22.1. The number of hydrogen-bond acceptors (Lipinski definition) is 8. The van der Waals surface area contributed by atoms with E-state index in [4.69, 9.17) is 14.0 Å². The molecule has 2 fully saturated rings. The number of anilines is 1. The molecule has 35 heavy (non-hydrogen) atoms. The maximum atomic E-state index is 13.0. The van der Waals surface area contributed by atoms with E-state index in [1.807, 2.05) is 44.5 Å². The predicted molar refractivity (Wildman–Crippen MR) is 135 cm³/mol. The Bertz CT molecular complexity index is 902. The number of hydrogen-bond donors (Lipinski definition) is 1. The second-order valence-electron chi connectivity index (χ2n) is 11.5. The molecule has 0 aromatic carbocycles. The molecule has 1 aromatic rings. The Kier molecular flexibility index (Phi) is 7.71. The number of alkyl carbamates (subject to hydrolysis) is 1. The van der Waals surface area contributed by atoms with Gasteiger partial charge in [0.15, 0.2) is 0 Å². The van der Waals surface area contributed by atoms with Gasteiger partial charge in [0.1, 0.15) is 11.6 Å². The number of carbonyl (C=O) groups excluding carboxylic acids is 2. The zero-order valence-corrected chi connectivity index (χ0v) is 22.5. The summed E-state index contributed by atoms with van der Waals surface area (Å²) in [5.74, 6) is 0.438. The van der Waals surface area contributed by atoms with Crippen LogP contribution in [0, 0.1) is 0 Å². The van der Waals surface area contributed by atoms with Crippen LogP contribution in [0.15, 0.2) is 12.4 Å². The summed E-state index contributed by atoms with van der Waals surface area (Å²) in [6.45, 7) is 16.3. The van der Waals surface area contributed by atoms with Gasteiger partial charge in [0.2, 0.25) is 11.9 Å². The van der Waals surface area contributed by atoms with Crippen molar-refractivity contribution in [2.24, 2.45) is 0 Å². The van der Waals surface area contributed by atoms with Crippen LogP contribution in [-0.2, 0) is 18.8 Å². The van der Waals surface area contributed by atoms with Gasteiger partial charge >= 0.3 is 13.2 Å². The molecule has 1 N–H and O–H groups in total. The maximum Gasteiger partial charge on any atom is 0.498 e. The van der Waals surface area contributed by atoms with Crippen molar-refractivity contribution in [2.75, 3.05) is 25.0 Å². The zero-order valence-electron chi connectivity index (χ0n) is 22.5. The van der Waals surface area contributed by atoms with Gasteiger partial charge < -0.3 is 29.2 Å². The van der Waals surface area contributed by atoms with Crippen LogP contribution in [0.1, 0.15) is 68.2 Å². The summed E-state index contributed by atoms with van der Waals surface area (Å²) in [5.41, 5.74) is -0.716.